The SMILES string of the molecule is CC(C)(C)OC(=O)C(Cc1ccc(O)cc1)NC(=O)c1ccc2cccnc2c1O. The number of rotatable bonds is 5. The molecule has 0 spiro atoms. The first kappa shape index (κ1) is 21.1. The third-order valence-corrected chi connectivity index (χ3v) is 4.37. The van der Waals surface area contributed by atoms with Crippen molar-refractivity contribution in [3.63, 3.8) is 0 Å². The number of aromatic hydroxyl groups is 2. The van der Waals surface area contributed by atoms with Crippen molar-refractivity contribution in [2.75, 3.05) is 0 Å². The number of ether oxygens (including phenoxy) is 1. The average molecular weight is 408 g/mol. The Morgan fingerprint density at radius 3 is 2.43 bits per heavy atom. The van der Waals surface area contributed by atoms with Crippen LogP contribution in [-0.4, -0.2) is 38.7 Å². The Bertz CT molecular complexity index is 1070. The van der Waals surface area contributed by atoms with Crippen LogP contribution in [0.2, 0.25) is 0 Å². The normalized spacial score (nSPS) is 12.4. The highest BCUT2D eigenvalue weighted by Crippen LogP contribution is 2.27. The molecule has 0 aliphatic carbocycles. The molecule has 1 heterocycles. The van der Waals surface area contributed by atoms with Crippen LogP contribution in [0.1, 0.15) is 36.7 Å². The molecule has 0 bridgehead atoms. The number of hydrogen-bond acceptors (Lipinski definition) is 6. The first-order valence-electron chi connectivity index (χ1n) is 9.52. The van der Waals surface area contributed by atoms with Crippen molar-refractivity contribution in [2.24, 2.45) is 0 Å². The van der Waals surface area contributed by atoms with Crippen molar-refractivity contribution in [2.45, 2.75) is 38.8 Å². The van der Waals surface area contributed by atoms with E-state index in [1.807, 2.05) is 0 Å². The summed E-state index contributed by atoms with van der Waals surface area (Å²) in [6, 6.07) is 12.0. The molecule has 30 heavy (non-hydrogen) atoms. The number of aromatic nitrogens is 1. The lowest BCUT2D eigenvalue weighted by atomic mass is 10.0. The van der Waals surface area contributed by atoms with Gasteiger partial charge in [-0.2, -0.15) is 0 Å². The molecule has 0 saturated carbocycles. The minimum absolute atomic E-state index is 0.0143. The van der Waals surface area contributed by atoms with Crippen LogP contribution in [0.5, 0.6) is 11.5 Å². The topological polar surface area (TPSA) is 109 Å². The number of pyridine rings is 1. The molecule has 1 unspecified atom stereocenters. The second-order valence-electron chi connectivity index (χ2n) is 7.97. The fraction of sp³-hybridized carbons (Fsp3) is 0.261. The number of nitrogens with zero attached hydrogens (tertiary/aromatic N) is 1. The predicted octanol–water partition coefficient (Wildman–Crippen LogP) is 3.33. The number of amides is 1. The van der Waals surface area contributed by atoms with Crippen LogP contribution in [0.3, 0.4) is 0 Å². The number of carbonyl (C=O) groups is 2. The summed E-state index contributed by atoms with van der Waals surface area (Å²) >= 11 is 0. The molecule has 156 valence electrons. The van der Waals surface area contributed by atoms with Gasteiger partial charge in [0.1, 0.15) is 22.9 Å². The van der Waals surface area contributed by atoms with Gasteiger partial charge in [0.25, 0.3) is 5.91 Å². The smallest absolute Gasteiger partial charge is 0.329 e. The lowest BCUT2D eigenvalue weighted by Crippen LogP contribution is -2.45. The van der Waals surface area contributed by atoms with Crippen molar-refractivity contribution < 1.29 is 24.5 Å². The van der Waals surface area contributed by atoms with Crippen molar-refractivity contribution >= 4 is 22.8 Å². The number of esters is 1. The average Bonchev–Trinajstić information content (AvgIpc) is 2.68. The standard InChI is InChI=1S/C23H24N2O5/c1-23(2,3)30-22(29)18(13-14-6-9-16(26)10-7-14)25-21(28)17-11-8-15-5-4-12-24-19(15)20(17)27/h4-12,18,26-27H,13H2,1-3H3,(H,25,28). The third-order valence-electron chi connectivity index (χ3n) is 4.37. The maximum Gasteiger partial charge on any atom is 0.329 e. The summed E-state index contributed by atoms with van der Waals surface area (Å²) in [5.74, 6) is -1.36. The Hall–Kier alpha value is -3.61. The van der Waals surface area contributed by atoms with Crippen molar-refractivity contribution in [1.82, 2.24) is 10.3 Å². The van der Waals surface area contributed by atoms with Gasteiger partial charge >= 0.3 is 5.97 Å². The van der Waals surface area contributed by atoms with E-state index in [-0.39, 0.29) is 23.5 Å². The highest BCUT2D eigenvalue weighted by molar-refractivity contribution is 6.03. The van der Waals surface area contributed by atoms with Crippen LogP contribution in [0, 0.1) is 0 Å². The second-order valence-corrected chi connectivity index (χ2v) is 7.97. The molecule has 2 aromatic carbocycles. The molecule has 3 aromatic rings. The van der Waals surface area contributed by atoms with Crippen LogP contribution in [-0.2, 0) is 16.0 Å². The molecule has 1 aromatic heterocycles. The maximum absolute atomic E-state index is 12.9. The van der Waals surface area contributed by atoms with Crippen molar-refractivity contribution in [3.05, 3.63) is 65.9 Å². The van der Waals surface area contributed by atoms with E-state index in [4.69, 9.17) is 4.74 Å². The number of nitrogens with one attached hydrogen (secondary N) is 1. The van der Waals surface area contributed by atoms with Crippen LogP contribution in [0.15, 0.2) is 54.7 Å². The molecule has 3 rings (SSSR count). The lowest BCUT2D eigenvalue weighted by Gasteiger charge is -2.25. The van der Waals surface area contributed by atoms with Gasteiger partial charge in [-0.15, -0.1) is 0 Å². The van der Waals surface area contributed by atoms with E-state index in [0.29, 0.717) is 10.9 Å². The number of carbonyl (C=O) groups excluding carboxylic acids is 2. The van der Waals surface area contributed by atoms with Gasteiger partial charge in [-0.25, -0.2) is 4.79 Å². The van der Waals surface area contributed by atoms with Crippen LogP contribution in [0.4, 0.5) is 0 Å². The van der Waals surface area contributed by atoms with Crippen LogP contribution >= 0.6 is 0 Å². The van der Waals surface area contributed by atoms with E-state index in [9.17, 15) is 19.8 Å². The minimum atomic E-state index is -0.986. The minimum Gasteiger partial charge on any atom is -0.508 e. The third kappa shape index (κ3) is 5.05. The molecule has 1 atom stereocenters. The number of phenolic OH excluding ortho intramolecular Hbond substituents is 2. The van der Waals surface area contributed by atoms with Gasteiger partial charge in [0.05, 0.1) is 5.56 Å². The Kier molecular flexibility index (Phi) is 5.91. The van der Waals surface area contributed by atoms with E-state index in [1.54, 1.807) is 51.1 Å². The second kappa shape index (κ2) is 8.41. The Morgan fingerprint density at radius 2 is 1.77 bits per heavy atom. The van der Waals surface area contributed by atoms with E-state index in [1.165, 1.54) is 24.4 Å². The van der Waals surface area contributed by atoms with Crippen molar-refractivity contribution in [3.8, 4) is 11.5 Å². The highest BCUT2D eigenvalue weighted by Gasteiger charge is 2.28. The molecular weight excluding hydrogens is 384 g/mol. The molecule has 0 fully saturated rings. The van der Waals surface area contributed by atoms with Crippen LogP contribution < -0.4 is 5.32 Å². The molecule has 0 saturated heterocycles. The van der Waals surface area contributed by atoms with Gasteiger partial charge < -0.3 is 20.3 Å². The first-order valence-corrected chi connectivity index (χ1v) is 9.52. The molecule has 7 nitrogen and oxygen atoms in total. The summed E-state index contributed by atoms with van der Waals surface area (Å²) in [4.78, 5) is 29.7. The largest absolute Gasteiger partial charge is 0.508 e. The fourth-order valence-electron chi connectivity index (χ4n) is 2.98. The molecule has 0 radical (unpaired) electrons. The number of hydrogen-bond donors (Lipinski definition) is 3. The zero-order valence-electron chi connectivity index (χ0n) is 17.0. The summed E-state index contributed by atoms with van der Waals surface area (Å²) in [7, 11) is 0. The van der Waals surface area contributed by atoms with Gasteiger partial charge in [-0.05, 0) is 50.6 Å². The van der Waals surface area contributed by atoms with Gasteiger partial charge in [0.15, 0.2) is 5.75 Å². The molecule has 3 N–H and O–H groups in total. The van der Waals surface area contributed by atoms with E-state index < -0.39 is 23.5 Å². The van der Waals surface area contributed by atoms with Gasteiger partial charge in [0, 0.05) is 18.0 Å². The van der Waals surface area contributed by atoms with E-state index in [0.717, 1.165) is 5.56 Å². The van der Waals surface area contributed by atoms with Crippen molar-refractivity contribution in [1.29, 1.82) is 0 Å². The summed E-state index contributed by atoms with van der Waals surface area (Å²) in [6.45, 7) is 5.22. The van der Waals surface area contributed by atoms with Gasteiger partial charge in [-0.3, -0.25) is 9.78 Å². The molecule has 1 amide bonds. The van der Waals surface area contributed by atoms with Crippen LogP contribution in [0.25, 0.3) is 10.9 Å². The van der Waals surface area contributed by atoms with E-state index in [2.05, 4.69) is 10.3 Å². The number of fused-ring (bicyclic) bond motifs is 1. The first-order chi connectivity index (χ1) is 14.1. The zero-order chi connectivity index (χ0) is 21.9. The molecular formula is C23H24N2O5. The predicted molar refractivity (Wildman–Crippen MR) is 112 cm³/mol. The Labute approximate surface area is 174 Å². The van der Waals surface area contributed by atoms with Gasteiger partial charge in [0.2, 0.25) is 0 Å². The zero-order valence-corrected chi connectivity index (χ0v) is 17.0. The number of phenols is 2. The number of benzene rings is 2. The summed E-state index contributed by atoms with van der Waals surface area (Å²) in [5.41, 5.74) is 0.315. The summed E-state index contributed by atoms with van der Waals surface area (Å²) in [5, 5.41) is 23.3. The fourth-order valence-corrected chi connectivity index (χ4v) is 2.98. The monoisotopic (exact) mass is 408 g/mol. The quantitative estimate of drug-likeness (QED) is 0.559. The Balaban J connectivity index is 1.87. The summed E-state index contributed by atoms with van der Waals surface area (Å²) < 4.78 is 5.46. The maximum atomic E-state index is 12.9. The van der Waals surface area contributed by atoms with E-state index >= 15 is 0 Å². The molecule has 0 aliphatic rings. The molecule has 7 heteroatoms. The molecule has 0 aliphatic heterocycles. The van der Waals surface area contributed by atoms with Gasteiger partial charge in [-0.1, -0.05) is 24.3 Å². The highest BCUT2D eigenvalue weighted by atomic mass is 16.6. The lowest BCUT2D eigenvalue weighted by molar-refractivity contribution is -0.157. The summed E-state index contributed by atoms with van der Waals surface area (Å²) in [6.07, 6.45) is 1.69. The Morgan fingerprint density at radius 1 is 1.07 bits per heavy atom.